The van der Waals surface area contributed by atoms with E-state index in [-0.39, 0.29) is 11.5 Å². The van der Waals surface area contributed by atoms with Crippen LogP contribution in [-0.2, 0) is 0 Å². The van der Waals surface area contributed by atoms with E-state index in [0.717, 1.165) is 25.9 Å². The van der Waals surface area contributed by atoms with Crippen LogP contribution in [0.1, 0.15) is 24.1 Å². The van der Waals surface area contributed by atoms with Crippen LogP contribution in [0.4, 0.5) is 5.82 Å². The first-order chi connectivity index (χ1) is 10.7. The van der Waals surface area contributed by atoms with Crippen molar-refractivity contribution in [2.75, 3.05) is 18.4 Å². The predicted molar refractivity (Wildman–Crippen MR) is 89.9 cm³/mol. The van der Waals surface area contributed by atoms with Gasteiger partial charge in [-0.2, -0.15) is 0 Å². The molecule has 114 valence electrons. The first-order valence-corrected chi connectivity index (χ1v) is 7.37. The average molecular weight is 297 g/mol. The van der Waals surface area contributed by atoms with Crippen molar-refractivity contribution in [3.8, 4) is 0 Å². The van der Waals surface area contributed by atoms with E-state index < -0.39 is 0 Å². The van der Waals surface area contributed by atoms with Gasteiger partial charge in [-0.15, -0.1) is 0 Å². The minimum atomic E-state index is -0.134. The predicted octanol–water partition coefficient (Wildman–Crippen LogP) is 1.77. The topological polar surface area (TPSA) is 82.7 Å². The van der Waals surface area contributed by atoms with Crippen LogP contribution in [0.3, 0.4) is 0 Å². The molecule has 0 amide bonds. The minimum Gasteiger partial charge on any atom is -0.365 e. The van der Waals surface area contributed by atoms with Crippen molar-refractivity contribution in [3.63, 3.8) is 0 Å². The fourth-order valence-corrected chi connectivity index (χ4v) is 2.79. The van der Waals surface area contributed by atoms with Gasteiger partial charge in [0.05, 0.1) is 5.69 Å². The van der Waals surface area contributed by atoms with Crippen molar-refractivity contribution in [2.24, 2.45) is 0 Å². The van der Waals surface area contributed by atoms with E-state index in [9.17, 15) is 4.79 Å². The summed E-state index contributed by atoms with van der Waals surface area (Å²) in [6.45, 7) is 9.33. The average Bonchev–Trinajstić information content (AvgIpc) is 2.55. The highest BCUT2D eigenvalue weighted by Gasteiger charge is 2.17. The zero-order chi connectivity index (χ0) is 15.5. The van der Waals surface area contributed by atoms with Gasteiger partial charge in [0.1, 0.15) is 23.2 Å². The van der Waals surface area contributed by atoms with Gasteiger partial charge < -0.3 is 15.6 Å². The van der Waals surface area contributed by atoms with E-state index in [1.165, 1.54) is 12.4 Å². The van der Waals surface area contributed by atoms with Crippen molar-refractivity contribution in [2.45, 2.75) is 18.9 Å². The van der Waals surface area contributed by atoms with Gasteiger partial charge >= 0.3 is 0 Å². The summed E-state index contributed by atoms with van der Waals surface area (Å²) in [5.74, 6) is 0.568. The van der Waals surface area contributed by atoms with Gasteiger partial charge in [0.25, 0.3) is 0 Å². The zero-order valence-electron chi connectivity index (χ0n) is 12.4. The number of pyridine rings is 1. The Bertz CT molecular complexity index is 774. The Labute approximate surface area is 128 Å². The summed E-state index contributed by atoms with van der Waals surface area (Å²) in [6, 6.07) is 0.262. The first-order valence-electron chi connectivity index (χ1n) is 7.37. The lowest BCUT2D eigenvalue weighted by atomic mass is 10.1. The molecule has 6 heteroatoms. The number of rotatable bonds is 4. The number of anilines is 1. The minimum absolute atomic E-state index is 0.134. The summed E-state index contributed by atoms with van der Waals surface area (Å²) >= 11 is 0. The molecule has 3 heterocycles. The van der Waals surface area contributed by atoms with Gasteiger partial charge in [0.2, 0.25) is 5.43 Å². The van der Waals surface area contributed by atoms with E-state index in [2.05, 4.69) is 38.7 Å². The summed E-state index contributed by atoms with van der Waals surface area (Å²) in [7, 11) is 0. The van der Waals surface area contributed by atoms with Crippen LogP contribution in [0.25, 0.3) is 23.2 Å². The van der Waals surface area contributed by atoms with Crippen LogP contribution in [-0.4, -0.2) is 34.1 Å². The molecule has 0 aliphatic carbocycles. The summed E-state index contributed by atoms with van der Waals surface area (Å²) in [5.41, 5.74) is 1.48. The van der Waals surface area contributed by atoms with Crippen LogP contribution in [0.15, 0.2) is 24.3 Å². The molecule has 1 unspecified atom stereocenters. The molecule has 1 aliphatic heterocycles. The second kappa shape index (κ2) is 6.11. The second-order valence-electron chi connectivity index (χ2n) is 5.32. The SMILES string of the molecule is C=Cc1[nH]c2ncnc(NC3CCCNC3)c2c(=O)c1C=C. The molecule has 1 atom stereocenters. The first kappa shape index (κ1) is 14.5. The van der Waals surface area contributed by atoms with Gasteiger partial charge in [-0.1, -0.05) is 19.2 Å². The Hall–Kier alpha value is -2.47. The highest BCUT2D eigenvalue weighted by Crippen LogP contribution is 2.19. The Balaban J connectivity index is 2.12. The molecule has 0 bridgehead atoms. The molecule has 6 nitrogen and oxygen atoms in total. The Morgan fingerprint density at radius 3 is 2.86 bits per heavy atom. The molecule has 0 spiro atoms. The molecule has 1 saturated heterocycles. The van der Waals surface area contributed by atoms with Gasteiger partial charge in [-0.3, -0.25) is 4.79 Å². The van der Waals surface area contributed by atoms with E-state index in [1.807, 2.05) is 0 Å². The third-order valence-electron chi connectivity index (χ3n) is 3.91. The normalized spacial score (nSPS) is 18.1. The molecule has 2 aromatic rings. The lowest BCUT2D eigenvalue weighted by Crippen LogP contribution is -2.38. The Morgan fingerprint density at radius 2 is 2.18 bits per heavy atom. The largest absolute Gasteiger partial charge is 0.365 e. The van der Waals surface area contributed by atoms with E-state index in [0.29, 0.717) is 28.1 Å². The van der Waals surface area contributed by atoms with Crippen molar-refractivity contribution >= 4 is 29.0 Å². The molecule has 1 fully saturated rings. The Kier molecular flexibility index (Phi) is 4.02. The third kappa shape index (κ3) is 2.53. The number of hydrogen-bond acceptors (Lipinski definition) is 5. The number of fused-ring (bicyclic) bond motifs is 1. The molecule has 1 aliphatic rings. The highest BCUT2D eigenvalue weighted by atomic mass is 16.1. The Morgan fingerprint density at radius 1 is 1.32 bits per heavy atom. The fraction of sp³-hybridized carbons (Fsp3) is 0.312. The maximum Gasteiger partial charge on any atom is 0.202 e. The smallest absolute Gasteiger partial charge is 0.202 e. The van der Waals surface area contributed by atoms with E-state index in [1.54, 1.807) is 6.08 Å². The van der Waals surface area contributed by atoms with Gasteiger partial charge in [0, 0.05) is 18.2 Å². The number of nitrogens with zero attached hydrogens (tertiary/aromatic N) is 2. The summed E-state index contributed by atoms with van der Waals surface area (Å²) in [4.78, 5) is 24.3. The molecule has 0 saturated carbocycles. The van der Waals surface area contributed by atoms with Crippen LogP contribution in [0, 0.1) is 0 Å². The summed E-state index contributed by atoms with van der Waals surface area (Å²) in [6.07, 6.45) is 6.74. The number of nitrogens with one attached hydrogen (secondary N) is 3. The number of H-pyrrole nitrogens is 1. The molecular formula is C16H19N5O. The number of aromatic amines is 1. The van der Waals surface area contributed by atoms with Gasteiger partial charge in [-0.05, 0) is 25.5 Å². The molecule has 2 aromatic heterocycles. The fourth-order valence-electron chi connectivity index (χ4n) is 2.79. The van der Waals surface area contributed by atoms with Crippen molar-refractivity contribution in [1.82, 2.24) is 20.3 Å². The van der Waals surface area contributed by atoms with Crippen molar-refractivity contribution in [1.29, 1.82) is 0 Å². The van der Waals surface area contributed by atoms with Crippen LogP contribution >= 0.6 is 0 Å². The molecule has 0 aromatic carbocycles. The number of aromatic nitrogens is 3. The van der Waals surface area contributed by atoms with Crippen molar-refractivity contribution < 1.29 is 0 Å². The van der Waals surface area contributed by atoms with Crippen LogP contribution in [0.5, 0.6) is 0 Å². The summed E-state index contributed by atoms with van der Waals surface area (Å²) in [5, 5.41) is 7.16. The number of hydrogen-bond donors (Lipinski definition) is 3. The molecule has 0 radical (unpaired) electrons. The lowest BCUT2D eigenvalue weighted by molar-refractivity contribution is 0.479. The maximum atomic E-state index is 12.7. The zero-order valence-corrected chi connectivity index (χ0v) is 12.4. The molecule has 3 N–H and O–H groups in total. The van der Waals surface area contributed by atoms with E-state index >= 15 is 0 Å². The third-order valence-corrected chi connectivity index (χ3v) is 3.91. The standard InChI is InChI=1S/C16H19N5O/c1-3-11-12(4-2)21-16-13(14(11)22)15(18-9-19-16)20-10-6-5-7-17-8-10/h3-4,9-10,17H,1-2,5-8H2,(H2,18,19,20,21,22). The molecular weight excluding hydrogens is 278 g/mol. The second-order valence-corrected chi connectivity index (χ2v) is 5.32. The highest BCUT2D eigenvalue weighted by molar-refractivity contribution is 5.89. The van der Waals surface area contributed by atoms with Gasteiger partial charge in [-0.25, -0.2) is 9.97 Å². The molecule has 3 rings (SSSR count). The van der Waals surface area contributed by atoms with Crippen LogP contribution in [0.2, 0.25) is 0 Å². The molecule has 22 heavy (non-hydrogen) atoms. The summed E-state index contributed by atoms with van der Waals surface area (Å²) < 4.78 is 0. The van der Waals surface area contributed by atoms with Crippen molar-refractivity contribution in [3.05, 3.63) is 41.0 Å². The van der Waals surface area contributed by atoms with Crippen LogP contribution < -0.4 is 16.1 Å². The number of piperidine rings is 1. The quantitative estimate of drug-likeness (QED) is 0.801. The lowest BCUT2D eigenvalue weighted by Gasteiger charge is -2.24. The van der Waals surface area contributed by atoms with E-state index in [4.69, 9.17) is 0 Å². The van der Waals surface area contributed by atoms with Gasteiger partial charge in [0.15, 0.2) is 0 Å². The maximum absolute atomic E-state index is 12.7. The monoisotopic (exact) mass is 297 g/mol.